The number of hydrogen-bond acceptors (Lipinski definition) is 6. The lowest BCUT2D eigenvalue weighted by molar-refractivity contribution is -0.122. The number of carbonyl (C=O) groups excluding carboxylic acids is 2. The Labute approximate surface area is 201 Å². The van der Waals surface area contributed by atoms with Crippen LogP contribution in [0.15, 0.2) is 60.9 Å². The van der Waals surface area contributed by atoms with E-state index in [1.807, 2.05) is 24.3 Å². The van der Waals surface area contributed by atoms with Gasteiger partial charge in [0.15, 0.2) is 0 Å². The molecule has 3 aromatic rings. The molecule has 9 nitrogen and oxygen atoms in total. The quantitative estimate of drug-likeness (QED) is 0.459. The summed E-state index contributed by atoms with van der Waals surface area (Å²) < 4.78 is 5.54. The second-order valence-corrected chi connectivity index (χ2v) is 8.72. The lowest BCUT2D eigenvalue weighted by Gasteiger charge is -2.14. The number of fused-ring (bicyclic) bond motifs is 3. The highest BCUT2D eigenvalue weighted by Crippen LogP contribution is 2.44. The monoisotopic (exact) mass is 472 g/mol. The van der Waals surface area contributed by atoms with Crippen LogP contribution in [0.1, 0.15) is 39.6 Å². The van der Waals surface area contributed by atoms with Gasteiger partial charge in [0.2, 0.25) is 5.91 Å². The summed E-state index contributed by atoms with van der Waals surface area (Å²) in [6, 6.07) is 16.3. The number of rotatable bonds is 8. The molecule has 0 bridgehead atoms. The van der Waals surface area contributed by atoms with Crippen molar-refractivity contribution in [3.05, 3.63) is 83.4 Å². The van der Waals surface area contributed by atoms with Crippen LogP contribution in [-0.2, 0) is 16.1 Å². The Morgan fingerprint density at radius 3 is 2.20 bits per heavy atom. The molecule has 1 heterocycles. The number of benzene rings is 2. The van der Waals surface area contributed by atoms with Gasteiger partial charge < -0.3 is 20.5 Å². The van der Waals surface area contributed by atoms with Gasteiger partial charge in [-0.15, -0.1) is 0 Å². The number of aromatic carboxylic acids is 1. The van der Waals surface area contributed by atoms with Gasteiger partial charge in [0.25, 0.3) is 0 Å². The Balaban J connectivity index is 1.06. The average Bonchev–Trinajstić information content (AvgIpc) is 3.60. The van der Waals surface area contributed by atoms with E-state index in [9.17, 15) is 14.4 Å². The third kappa shape index (κ3) is 4.84. The van der Waals surface area contributed by atoms with E-state index in [-0.39, 0.29) is 42.4 Å². The fourth-order valence-corrected chi connectivity index (χ4v) is 4.51. The topological polar surface area (TPSA) is 131 Å². The van der Waals surface area contributed by atoms with Crippen molar-refractivity contribution in [1.82, 2.24) is 20.6 Å². The minimum absolute atomic E-state index is 0.000570. The molecular formula is C26H24N4O5. The second kappa shape index (κ2) is 9.54. The van der Waals surface area contributed by atoms with E-state index in [0.29, 0.717) is 18.8 Å². The summed E-state index contributed by atoms with van der Waals surface area (Å²) in [4.78, 5) is 43.4. The Kier molecular flexibility index (Phi) is 6.13. The SMILES string of the molecule is O=C(NC[C@@H]1C[C@@H]1C(=O)NCc1ncc(C(=O)O)cn1)OCC1c2ccccc2-c2ccccc21. The van der Waals surface area contributed by atoms with Crippen molar-refractivity contribution < 1.29 is 24.2 Å². The van der Waals surface area contributed by atoms with Gasteiger partial charge in [0.1, 0.15) is 12.4 Å². The van der Waals surface area contributed by atoms with Gasteiger partial charge in [-0.25, -0.2) is 19.6 Å². The Morgan fingerprint density at radius 2 is 1.57 bits per heavy atom. The van der Waals surface area contributed by atoms with Gasteiger partial charge in [-0.1, -0.05) is 48.5 Å². The molecule has 9 heteroatoms. The first-order valence-corrected chi connectivity index (χ1v) is 11.4. The lowest BCUT2D eigenvalue weighted by Crippen LogP contribution is -2.30. The average molecular weight is 473 g/mol. The van der Waals surface area contributed by atoms with Crippen molar-refractivity contribution in [3.63, 3.8) is 0 Å². The number of ether oxygens (including phenoxy) is 1. The smallest absolute Gasteiger partial charge is 0.407 e. The van der Waals surface area contributed by atoms with E-state index in [0.717, 1.165) is 11.1 Å². The molecule has 2 atom stereocenters. The summed E-state index contributed by atoms with van der Waals surface area (Å²) in [5.41, 5.74) is 4.64. The molecule has 1 fully saturated rings. The maximum absolute atomic E-state index is 12.3. The number of alkyl carbamates (subject to hydrolysis) is 1. The van der Waals surface area contributed by atoms with Crippen molar-refractivity contribution in [2.45, 2.75) is 18.9 Å². The molecule has 5 rings (SSSR count). The number of amides is 2. The molecule has 178 valence electrons. The van der Waals surface area contributed by atoms with Gasteiger partial charge >= 0.3 is 12.1 Å². The van der Waals surface area contributed by atoms with Crippen LogP contribution in [0.5, 0.6) is 0 Å². The van der Waals surface area contributed by atoms with E-state index in [1.165, 1.54) is 23.5 Å². The molecular weight excluding hydrogens is 448 g/mol. The number of hydrogen-bond donors (Lipinski definition) is 3. The molecule has 0 spiro atoms. The van der Waals surface area contributed by atoms with Crippen LogP contribution in [-0.4, -0.2) is 46.2 Å². The van der Waals surface area contributed by atoms with E-state index in [4.69, 9.17) is 9.84 Å². The van der Waals surface area contributed by atoms with Crippen molar-refractivity contribution >= 4 is 18.0 Å². The van der Waals surface area contributed by atoms with Crippen LogP contribution in [0.3, 0.4) is 0 Å². The Hall–Kier alpha value is -4.27. The van der Waals surface area contributed by atoms with Crippen LogP contribution in [0.25, 0.3) is 11.1 Å². The summed E-state index contributed by atoms with van der Waals surface area (Å²) >= 11 is 0. The van der Waals surface area contributed by atoms with Crippen LogP contribution in [0, 0.1) is 11.8 Å². The largest absolute Gasteiger partial charge is 0.478 e. The fourth-order valence-electron chi connectivity index (χ4n) is 4.51. The standard InChI is InChI=1S/C26H24N4O5/c31-24(29-13-23-27-11-16(12-28-23)25(32)33)21-9-15(21)10-30-26(34)35-14-22-19-7-3-1-5-17(19)18-6-2-4-8-20(18)22/h1-8,11-12,15,21-22H,9-10,13-14H2,(H,29,31)(H,30,34)(H,32,33)/t15-,21-/m0/s1. The predicted molar refractivity (Wildman–Crippen MR) is 126 cm³/mol. The van der Waals surface area contributed by atoms with Gasteiger partial charge in [-0.05, 0) is 34.6 Å². The molecule has 2 aromatic carbocycles. The number of nitrogens with one attached hydrogen (secondary N) is 2. The Bertz CT molecular complexity index is 1230. The molecule has 2 amide bonds. The summed E-state index contributed by atoms with van der Waals surface area (Å²) in [7, 11) is 0. The molecule has 0 radical (unpaired) electrons. The molecule has 1 aromatic heterocycles. The zero-order valence-electron chi connectivity index (χ0n) is 18.8. The predicted octanol–water partition coefficient (Wildman–Crippen LogP) is 2.97. The maximum Gasteiger partial charge on any atom is 0.407 e. The van der Waals surface area contributed by atoms with E-state index in [1.54, 1.807) is 0 Å². The first-order valence-electron chi connectivity index (χ1n) is 11.4. The van der Waals surface area contributed by atoms with Gasteiger partial charge in [0.05, 0.1) is 12.1 Å². The van der Waals surface area contributed by atoms with E-state index < -0.39 is 12.1 Å². The van der Waals surface area contributed by atoms with Crippen LogP contribution >= 0.6 is 0 Å². The summed E-state index contributed by atoms with van der Waals surface area (Å²) in [5, 5.41) is 14.4. The van der Waals surface area contributed by atoms with E-state index >= 15 is 0 Å². The minimum Gasteiger partial charge on any atom is -0.478 e. The minimum atomic E-state index is -1.11. The summed E-state index contributed by atoms with van der Waals surface area (Å²) in [5.74, 6) is -1.06. The molecule has 2 aliphatic carbocycles. The molecule has 0 saturated heterocycles. The molecule has 0 unspecified atom stereocenters. The normalized spacial score (nSPS) is 17.7. The highest BCUT2D eigenvalue weighted by atomic mass is 16.5. The van der Waals surface area contributed by atoms with Crippen molar-refractivity contribution in [1.29, 1.82) is 0 Å². The number of carboxylic acid groups (broad SMARTS) is 1. The number of carbonyl (C=O) groups is 3. The third-order valence-corrected chi connectivity index (χ3v) is 6.48. The van der Waals surface area contributed by atoms with Crippen LogP contribution < -0.4 is 10.6 Å². The summed E-state index contributed by atoms with van der Waals surface area (Å²) in [6.07, 6.45) is 2.59. The highest BCUT2D eigenvalue weighted by molar-refractivity contribution is 5.86. The zero-order valence-corrected chi connectivity index (χ0v) is 18.8. The molecule has 35 heavy (non-hydrogen) atoms. The first kappa shape index (κ1) is 22.5. The maximum atomic E-state index is 12.3. The van der Waals surface area contributed by atoms with E-state index in [2.05, 4.69) is 44.9 Å². The second-order valence-electron chi connectivity index (χ2n) is 8.72. The fraction of sp³-hybridized carbons (Fsp3) is 0.269. The van der Waals surface area contributed by atoms with Gasteiger partial charge in [0, 0.05) is 30.8 Å². The molecule has 1 saturated carbocycles. The number of aromatic nitrogens is 2. The van der Waals surface area contributed by atoms with Gasteiger partial charge in [-0.3, -0.25) is 4.79 Å². The van der Waals surface area contributed by atoms with Gasteiger partial charge in [-0.2, -0.15) is 0 Å². The van der Waals surface area contributed by atoms with Crippen molar-refractivity contribution in [2.24, 2.45) is 11.8 Å². The molecule has 2 aliphatic rings. The molecule has 3 N–H and O–H groups in total. The first-order chi connectivity index (χ1) is 17.0. The van der Waals surface area contributed by atoms with Crippen molar-refractivity contribution in [3.8, 4) is 11.1 Å². The van der Waals surface area contributed by atoms with Crippen LogP contribution in [0.2, 0.25) is 0 Å². The molecule has 0 aliphatic heterocycles. The zero-order chi connectivity index (χ0) is 24.4. The third-order valence-electron chi connectivity index (χ3n) is 6.48. The highest BCUT2D eigenvalue weighted by Gasteiger charge is 2.43. The number of carboxylic acids is 1. The van der Waals surface area contributed by atoms with Crippen LogP contribution in [0.4, 0.5) is 4.79 Å². The lowest BCUT2D eigenvalue weighted by atomic mass is 9.98. The number of nitrogens with zero attached hydrogens (tertiary/aromatic N) is 2. The van der Waals surface area contributed by atoms with Crippen molar-refractivity contribution in [2.75, 3.05) is 13.2 Å². The Morgan fingerprint density at radius 1 is 0.943 bits per heavy atom. The summed E-state index contributed by atoms with van der Waals surface area (Å²) in [6.45, 7) is 0.718.